The van der Waals surface area contributed by atoms with Crippen LogP contribution in [0.3, 0.4) is 0 Å². The Kier molecular flexibility index (Phi) is 4.04. The Balaban J connectivity index is 1.76. The minimum Gasteiger partial charge on any atom is -0.494 e. The van der Waals surface area contributed by atoms with Gasteiger partial charge in [0, 0.05) is 16.9 Å². The maximum atomic E-state index is 5.49. The fourth-order valence-electron chi connectivity index (χ4n) is 2.69. The second-order valence-corrected chi connectivity index (χ2v) is 5.88. The van der Waals surface area contributed by atoms with Crippen LogP contribution in [0.4, 0.5) is 11.5 Å². The van der Waals surface area contributed by atoms with Crippen LogP contribution in [-0.2, 0) is 0 Å². The molecule has 4 rings (SSSR count). The molecule has 0 radical (unpaired) electrons. The zero-order valence-electron chi connectivity index (χ0n) is 14.9. The molecule has 0 saturated carbocycles. The molecule has 0 saturated heterocycles. The quantitative estimate of drug-likeness (QED) is 0.583. The highest BCUT2D eigenvalue weighted by atomic mass is 16.5. The lowest BCUT2D eigenvalue weighted by atomic mass is 10.2. The number of furan rings is 1. The number of aromatic nitrogens is 4. The normalized spacial score (nSPS) is 11.0. The van der Waals surface area contributed by atoms with Crippen molar-refractivity contribution in [2.75, 3.05) is 11.9 Å². The molecule has 1 N–H and O–H groups in total. The van der Waals surface area contributed by atoms with Gasteiger partial charge in [-0.1, -0.05) is 0 Å². The van der Waals surface area contributed by atoms with E-state index in [1.54, 1.807) is 10.8 Å². The third-order valence-electron chi connectivity index (χ3n) is 4.14. The first-order valence-electron chi connectivity index (χ1n) is 8.43. The van der Waals surface area contributed by atoms with E-state index in [9.17, 15) is 0 Å². The van der Waals surface area contributed by atoms with Crippen molar-refractivity contribution in [2.45, 2.75) is 20.8 Å². The maximum absolute atomic E-state index is 5.49. The minimum atomic E-state index is 0.502. The zero-order chi connectivity index (χ0) is 18.1. The molecule has 0 aliphatic rings. The Morgan fingerprint density at radius 3 is 2.62 bits per heavy atom. The van der Waals surface area contributed by atoms with Gasteiger partial charge in [0.1, 0.15) is 11.6 Å². The number of fused-ring (bicyclic) bond motifs is 1. The molecule has 26 heavy (non-hydrogen) atoms. The molecule has 0 unspecified atom stereocenters. The minimum absolute atomic E-state index is 0.502. The lowest BCUT2D eigenvalue weighted by molar-refractivity contribution is 0.340. The van der Waals surface area contributed by atoms with Gasteiger partial charge in [-0.05, 0) is 57.2 Å². The van der Waals surface area contributed by atoms with Gasteiger partial charge in [0.25, 0.3) is 5.78 Å². The van der Waals surface area contributed by atoms with E-state index in [1.807, 2.05) is 57.2 Å². The van der Waals surface area contributed by atoms with E-state index in [0.717, 1.165) is 28.5 Å². The second kappa shape index (κ2) is 6.51. The molecule has 0 amide bonds. The first-order valence-corrected chi connectivity index (χ1v) is 8.43. The van der Waals surface area contributed by atoms with Gasteiger partial charge >= 0.3 is 0 Å². The number of nitrogens with one attached hydrogen (secondary N) is 1. The van der Waals surface area contributed by atoms with Crippen molar-refractivity contribution >= 4 is 17.3 Å². The largest absolute Gasteiger partial charge is 0.494 e. The van der Waals surface area contributed by atoms with Gasteiger partial charge in [-0.3, -0.25) is 0 Å². The van der Waals surface area contributed by atoms with Gasteiger partial charge in [0.05, 0.1) is 12.9 Å². The first kappa shape index (κ1) is 16.1. The van der Waals surface area contributed by atoms with E-state index < -0.39 is 0 Å². The Morgan fingerprint density at radius 2 is 1.92 bits per heavy atom. The fraction of sp³-hybridized carbons (Fsp3) is 0.211. The van der Waals surface area contributed by atoms with Crippen molar-refractivity contribution in [1.82, 2.24) is 19.6 Å². The van der Waals surface area contributed by atoms with Crippen molar-refractivity contribution in [3.05, 3.63) is 53.9 Å². The zero-order valence-corrected chi connectivity index (χ0v) is 14.9. The summed E-state index contributed by atoms with van der Waals surface area (Å²) >= 11 is 0. The summed E-state index contributed by atoms with van der Waals surface area (Å²) in [6.45, 7) is 6.57. The lowest BCUT2D eigenvalue weighted by Gasteiger charge is -2.13. The van der Waals surface area contributed by atoms with Crippen LogP contribution in [0.2, 0.25) is 0 Å². The molecule has 4 aromatic rings. The van der Waals surface area contributed by atoms with Gasteiger partial charge in [-0.25, -0.2) is 4.98 Å². The van der Waals surface area contributed by atoms with Crippen LogP contribution in [0.15, 0.2) is 47.1 Å². The number of benzene rings is 1. The third-order valence-corrected chi connectivity index (χ3v) is 4.14. The highest BCUT2D eigenvalue weighted by molar-refractivity contribution is 5.64. The molecule has 0 fully saturated rings. The summed E-state index contributed by atoms with van der Waals surface area (Å²) in [7, 11) is 0. The third kappa shape index (κ3) is 2.88. The molecule has 3 aromatic heterocycles. The smallest absolute Gasteiger partial charge is 0.255 e. The van der Waals surface area contributed by atoms with Crippen molar-refractivity contribution < 1.29 is 9.15 Å². The maximum Gasteiger partial charge on any atom is 0.255 e. The van der Waals surface area contributed by atoms with Gasteiger partial charge in [-0.2, -0.15) is 9.50 Å². The molecule has 7 heteroatoms. The van der Waals surface area contributed by atoms with Gasteiger partial charge in [-0.15, -0.1) is 5.10 Å². The van der Waals surface area contributed by atoms with Crippen LogP contribution in [-0.4, -0.2) is 26.2 Å². The molecule has 0 aliphatic carbocycles. The fourth-order valence-corrected chi connectivity index (χ4v) is 2.69. The standard InChI is InChI=1S/C19H19N5O2/c1-4-25-15-9-7-14(8-10-15)21-18-12(2)13(3)20-19-22-17(23-24(18)19)16-6-5-11-26-16/h5-11,21H,4H2,1-3H3. The second-order valence-electron chi connectivity index (χ2n) is 5.88. The van der Waals surface area contributed by atoms with Crippen LogP contribution in [0.25, 0.3) is 17.4 Å². The summed E-state index contributed by atoms with van der Waals surface area (Å²) in [6, 6.07) is 11.4. The molecule has 132 valence electrons. The number of nitrogens with zero attached hydrogens (tertiary/aromatic N) is 4. The molecular formula is C19H19N5O2. The average molecular weight is 349 g/mol. The SMILES string of the molecule is CCOc1ccc(Nc2c(C)c(C)nc3nc(-c4ccco4)nn23)cc1. The summed E-state index contributed by atoms with van der Waals surface area (Å²) < 4.78 is 12.6. The average Bonchev–Trinajstić information content (AvgIpc) is 3.30. The van der Waals surface area contributed by atoms with Crippen LogP contribution < -0.4 is 10.1 Å². The Morgan fingerprint density at radius 1 is 1.12 bits per heavy atom. The Labute approximate surface area is 150 Å². The van der Waals surface area contributed by atoms with Crippen molar-refractivity contribution in [3.8, 4) is 17.3 Å². The lowest BCUT2D eigenvalue weighted by Crippen LogP contribution is -2.06. The summed E-state index contributed by atoms with van der Waals surface area (Å²) in [5, 5.41) is 7.98. The number of hydrogen-bond acceptors (Lipinski definition) is 6. The molecule has 0 bridgehead atoms. The highest BCUT2D eigenvalue weighted by Gasteiger charge is 2.16. The topological polar surface area (TPSA) is 77.5 Å². The number of ether oxygens (including phenoxy) is 1. The van der Waals surface area contributed by atoms with Gasteiger partial charge in [0.15, 0.2) is 5.76 Å². The molecule has 7 nitrogen and oxygen atoms in total. The van der Waals surface area contributed by atoms with Crippen LogP contribution in [0.1, 0.15) is 18.2 Å². The predicted octanol–water partition coefficient (Wildman–Crippen LogP) is 4.14. The van der Waals surface area contributed by atoms with Crippen molar-refractivity contribution in [3.63, 3.8) is 0 Å². The van der Waals surface area contributed by atoms with Crippen molar-refractivity contribution in [2.24, 2.45) is 0 Å². The number of rotatable bonds is 5. The number of hydrogen-bond donors (Lipinski definition) is 1. The molecule has 0 spiro atoms. The van der Waals surface area contributed by atoms with Crippen LogP contribution in [0.5, 0.6) is 5.75 Å². The van der Waals surface area contributed by atoms with Gasteiger partial charge < -0.3 is 14.5 Å². The molecule has 3 heterocycles. The van der Waals surface area contributed by atoms with E-state index in [4.69, 9.17) is 9.15 Å². The molecule has 1 aromatic carbocycles. The summed E-state index contributed by atoms with van der Waals surface area (Å²) in [4.78, 5) is 9.02. The van der Waals surface area contributed by atoms with Gasteiger partial charge in [0.2, 0.25) is 5.82 Å². The predicted molar refractivity (Wildman–Crippen MR) is 98.9 cm³/mol. The van der Waals surface area contributed by atoms with E-state index in [0.29, 0.717) is 24.0 Å². The highest BCUT2D eigenvalue weighted by Crippen LogP contribution is 2.26. The number of anilines is 2. The summed E-state index contributed by atoms with van der Waals surface area (Å²) in [5.41, 5.74) is 2.82. The van der Waals surface area contributed by atoms with E-state index in [2.05, 4.69) is 20.4 Å². The first-order chi connectivity index (χ1) is 12.7. The van der Waals surface area contributed by atoms with E-state index >= 15 is 0 Å². The molecule has 0 aliphatic heterocycles. The van der Waals surface area contributed by atoms with E-state index in [-0.39, 0.29) is 0 Å². The molecule has 0 atom stereocenters. The van der Waals surface area contributed by atoms with E-state index in [1.165, 1.54) is 0 Å². The summed E-state index contributed by atoms with van der Waals surface area (Å²) in [6.07, 6.45) is 1.60. The Bertz CT molecular complexity index is 1040. The van der Waals surface area contributed by atoms with Crippen LogP contribution >= 0.6 is 0 Å². The Hall–Kier alpha value is -3.35. The van der Waals surface area contributed by atoms with Crippen molar-refractivity contribution in [1.29, 1.82) is 0 Å². The monoisotopic (exact) mass is 349 g/mol. The molecular weight excluding hydrogens is 330 g/mol. The van der Waals surface area contributed by atoms with Crippen LogP contribution in [0, 0.1) is 13.8 Å². The summed E-state index contributed by atoms with van der Waals surface area (Å²) in [5.74, 6) is 3.29. The number of aryl methyl sites for hydroxylation is 1.